The van der Waals surface area contributed by atoms with Gasteiger partial charge >= 0.3 is 0 Å². The Kier molecular flexibility index (Phi) is 9.86. The van der Waals surface area contributed by atoms with Crippen LogP contribution < -0.4 is 10.7 Å². The minimum Gasteiger partial charge on any atom is -0.379 e. The number of hydrogen-bond acceptors (Lipinski definition) is 5. The van der Waals surface area contributed by atoms with E-state index in [0.29, 0.717) is 0 Å². The molecule has 3 N–H and O–H groups in total. The maximum Gasteiger partial charge on any atom is 0.104 e. The first-order chi connectivity index (χ1) is 7.57. The number of hydrazine groups is 1. The Morgan fingerprint density at radius 2 is 1.94 bits per heavy atom. The van der Waals surface area contributed by atoms with Crippen LogP contribution in [-0.2, 0) is 0 Å². The molecule has 1 aliphatic heterocycles. The third-order valence-corrected chi connectivity index (χ3v) is 2.36. The topological polar surface area (TPSA) is 50.8 Å². The van der Waals surface area contributed by atoms with Gasteiger partial charge in [-0.2, -0.15) is 0 Å². The Balaban J connectivity index is 0.000000293. The Bertz CT molecular complexity index is 147. The fourth-order valence-electron chi connectivity index (χ4n) is 1.39. The van der Waals surface area contributed by atoms with Crippen LogP contribution in [0, 0.1) is 0 Å². The van der Waals surface area contributed by atoms with E-state index < -0.39 is 0 Å². The number of aliphatic hydroxyl groups excluding tert-OH is 1. The summed E-state index contributed by atoms with van der Waals surface area (Å²) in [5.41, 5.74) is 3.13. The quantitative estimate of drug-likeness (QED) is 0.581. The molecule has 0 aromatic carbocycles. The van der Waals surface area contributed by atoms with Crippen LogP contribution in [-0.4, -0.2) is 68.1 Å². The van der Waals surface area contributed by atoms with Crippen molar-refractivity contribution in [1.29, 1.82) is 0 Å². The van der Waals surface area contributed by atoms with Crippen LogP contribution >= 0.6 is 0 Å². The molecule has 0 saturated carbocycles. The zero-order valence-corrected chi connectivity index (χ0v) is 11.2. The van der Waals surface area contributed by atoms with Crippen molar-refractivity contribution in [2.45, 2.75) is 26.5 Å². The minimum atomic E-state index is -0.271. The van der Waals surface area contributed by atoms with E-state index >= 15 is 0 Å². The third-order valence-electron chi connectivity index (χ3n) is 2.36. The molecular formula is C11H28N4O. The predicted octanol–water partition coefficient (Wildman–Crippen LogP) is -0.307. The zero-order chi connectivity index (χ0) is 12.4. The number of rotatable bonds is 4. The third kappa shape index (κ3) is 9.06. The van der Waals surface area contributed by atoms with Crippen molar-refractivity contribution >= 4 is 0 Å². The highest BCUT2D eigenvalue weighted by Gasteiger charge is 2.12. The van der Waals surface area contributed by atoms with Gasteiger partial charge in [-0.3, -0.25) is 15.3 Å². The number of aliphatic hydroxyl groups is 1. The molecular weight excluding hydrogens is 204 g/mol. The van der Waals surface area contributed by atoms with Crippen molar-refractivity contribution in [3.8, 4) is 0 Å². The minimum absolute atomic E-state index is 0.271. The van der Waals surface area contributed by atoms with E-state index in [0.717, 1.165) is 32.7 Å². The van der Waals surface area contributed by atoms with Crippen LogP contribution in [0.25, 0.3) is 0 Å². The summed E-state index contributed by atoms with van der Waals surface area (Å²) in [6.45, 7) is 8.99. The van der Waals surface area contributed by atoms with Crippen LogP contribution in [0.3, 0.4) is 0 Å². The average molecular weight is 232 g/mol. The molecule has 98 valence electrons. The van der Waals surface area contributed by atoms with Gasteiger partial charge < -0.3 is 10.4 Å². The van der Waals surface area contributed by atoms with Crippen molar-refractivity contribution in [2.75, 3.05) is 46.8 Å². The van der Waals surface area contributed by atoms with Crippen LogP contribution in [0.2, 0.25) is 0 Å². The van der Waals surface area contributed by atoms with E-state index in [-0.39, 0.29) is 6.23 Å². The molecule has 1 aliphatic rings. The van der Waals surface area contributed by atoms with Crippen molar-refractivity contribution in [3.63, 3.8) is 0 Å². The molecule has 0 aromatic heterocycles. The van der Waals surface area contributed by atoms with Crippen LogP contribution in [0.5, 0.6) is 0 Å². The molecule has 5 nitrogen and oxygen atoms in total. The normalized spacial score (nSPS) is 19.1. The first-order valence-corrected chi connectivity index (χ1v) is 6.11. The van der Waals surface area contributed by atoms with Gasteiger partial charge in [0, 0.05) is 46.8 Å². The summed E-state index contributed by atoms with van der Waals surface area (Å²) < 4.78 is 0. The Labute approximate surface area is 99.8 Å². The number of hydrogen-bond donors (Lipinski definition) is 3. The lowest BCUT2D eigenvalue weighted by Gasteiger charge is -2.29. The second kappa shape index (κ2) is 9.99. The molecule has 1 rings (SSSR count). The Morgan fingerprint density at radius 1 is 1.38 bits per heavy atom. The fraction of sp³-hybridized carbons (Fsp3) is 1.00. The van der Waals surface area contributed by atoms with Gasteiger partial charge in [-0.1, -0.05) is 6.92 Å². The highest BCUT2D eigenvalue weighted by Crippen LogP contribution is 1.95. The van der Waals surface area contributed by atoms with E-state index in [1.807, 2.05) is 26.0 Å². The molecule has 0 spiro atoms. The molecule has 16 heavy (non-hydrogen) atoms. The summed E-state index contributed by atoms with van der Waals surface area (Å²) in [4.78, 5) is 2.05. The van der Waals surface area contributed by atoms with Crippen LogP contribution in [0.15, 0.2) is 0 Å². The second-order valence-corrected chi connectivity index (χ2v) is 4.22. The molecule has 0 bridgehead atoms. The predicted molar refractivity (Wildman–Crippen MR) is 68.1 cm³/mol. The fourth-order valence-corrected chi connectivity index (χ4v) is 1.39. The molecule has 5 heteroatoms. The summed E-state index contributed by atoms with van der Waals surface area (Å²) >= 11 is 0. The standard InChI is InChI=1S/C6H14N2O.C5H14N2/c1-6(9)8-4-2-7-3-5-8;1-4-5-6-7(2)3/h6-7,9H,2-5H2,1H3;6H,4-5H2,1-3H3. The van der Waals surface area contributed by atoms with Gasteiger partial charge in [0.15, 0.2) is 0 Å². The largest absolute Gasteiger partial charge is 0.379 e. The summed E-state index contributed by atoms with van der Waals surface area (Å²) in [6.07, 6.45) is 0.921. The molecule has 0 radical (unpaired) electrons. The van der Waals surface area contributed by atoms with E-state index in [1.165, 1.54) is 6.42 Å². The maximum absolute atomic E-state index is 9.08. The maximum atomic E-state index is 9.08. The smallest absolute Gasteiger partial charge is 0.104 e. The molecule has 1 fully saturated rings. The van der Waals surface area contributed by atoms with E-state index in [1.54, 1.807) is 0 Å². The van der Waals surface area contributed by atoms with Gasteiger partial charge in [0.05, 0.1) is 0 Å². The van der Waals surface area contributed by atoms with Gasteiger partial charge in [-0.25, -0.2) is 0 Å². The molecule has 1 heterocycles. The van der Waals surface area contributed by atoms with Gasteiger partial charge in [-0.15, -0.1) is 0 Å². The van der Waals surface area contributed by atoms with Crippen LogP contribution in [0.1, 0.15) is 20.3 Å². The van der Waals surface area contributed by atoms with Crippen molar-refractivity contribution in [2.24, 2.45) is 0 Å². The molecule has 1 saturated heterocycles. The highest BCUT2D eigenvalue weighted by molar-refractivity contribution is 4.67. The highest BCUT2D eigenvalue weighted by atomic mass is 16.3. The van der Waals surface area contributed by atoms with Gasteiger partial charge in [0.25, 0.3) is 0 Å². The van der Waals surface area contributed by atoms with Gasteiger partial charge in [0.2, 0.25) is 0 Å². The molecule has 0 aliphatic carbocycles. The summed E-state index contributed by atoms with van der Waals surface area (Å²) in [7, 11) is 3.99. The monoisotopic (exact) mass is 232 g/mol. The Morgan fingerprint density at radius 3 is 2.19 bits per heavy atom. The van der Waals surface area contributed by atoms with Crippen molar-refractivity contribution in [3.05, 3.63) is 0 Å². The van der Waals surface area contributed by atoms with E-state index in [4.69, 9.17) is 5.11 Å². The SMILES string of the molecule is CC(O)N1CCNCC1.CCCNN(C)C. The van der Waals surface area contributed by atoms with Crippen molar-refractivity contribution < 1.29 is 5.11 Å². The van der Waals surface area contributed by atoms with Gasteiger partial charge in [-0.05, 0) is 13.3 Å². The van der Waals surface area contributed by atoms with Crippen molar-refractivity contribution in [1.82, 2.24) is 20.7 Å². The number of nitrogens with zero attached hydrogens (tertiary/aromatic N) is 2. The lowest BCUT2D eigenvalue weighted by atomic mass is 10.3. The molecule has 1 atom stereocenters. The number of piperazine rings is 1. The first kappa shape index (κ1) is 15.8. The Hall–Kier alpha value is -0.200. The first-order valence-electron chi connectivity index (χ1n) is 6.11. The van der Waals surface area contributed by atoms with Gasteiger partial charge in [0.1, 0.15) is 6.23 Å². The second-order valence-electron chi connectivity index (χ2n) is 4.22. The molecule has 0 aromatic rings. The summed E-state index contributed by atoms with van der Waals surface area (Å²) in [5, 5.41) is 14.3. The lowest BCUT2D eigenvalue weighted by molar-refractivity contribution is 0.0112. The zero-order valence-electron chi connectivity index (χ0n) is 11.2. The lowest BCUT2D eigenvalue weighted by Crippen LogP contribution is -2.47. The van der Waals surface area contributed by atoms with E-state index in [9.17, 15) is 0 Å². The number of nitrogens with one attached hydrogen (secondary N) is 2. The average Bonchev–Trinajstić information content (AvgIpc) is 2.28. The van der Waals surface area contributed by atoms with Crippen LogP contribution in [0.4, 0.5) is 0 Å². The van der Waals surface area contributed by atoms with E-state index in [2.05, 4.69) is 22.6 Å². The molecule has 1 unspecified atom stereocenters. The summed E-state index contributed by atoms with van der Waals surface area (Å²) in [6, 6.07) is 0. The summed E-state index contributed by atoms with van der Waals surface area (Å²) in [5.74, 6) is 0. The molecule has 0 amide bonds.